The maximum absolute atomic E-state index is 11.2. The van der Waals surface area contributed by atoms with Gasteiger partial charge in [0.15, 0.2) is 0 Å². The van der Waals surface area contributed by atoms with Crippen LogP contribution in [0.2, 0.25) is 0 Å². The highest BCUT2D eigenvalue weighted by atomic mass is 16.5. The maximum atomic E-state index is 11.2. The molecule has 1 aromatic carbocycles. The van der Waals surface area contributed by atoms with E-state index >= 15 is 0 Å². The van der Waals surface area contributed by atoms with Crippen molar-refractivity contribution in [3.63, 3.8) is 0 Å². The van der Waals surface area contributed by atoms with Gasteiger partial charge in [-0.2, -0.15) is 0 Å². The van der Waals surface area contributed by atoms with Gasteiger partial charge in [-0.1, -0.05) is 13.0 Å². The molecule has 2 rings (SSSR count). The zero-order valence-corrected chi connectivity index (χ0v) is 12.3. The van der Waals surface area contributed by atoms with Gasteiger partial charge in [-0.15, -0.1) is 0 Å². The first-order valence-corrected chi connectivity index (χ1v) is 6.67. The summed E-state index contributed by atoms with van der Waals surface area (Å²) in [6.45, 7) is 1.95. The van der Waals surface area contributed by atoms with Gasteiger partial charge in [0.2, 0.25) is 0 Å². The van der Waals surface area contributed by atoms with Gasteiger partial charge in [0.05, 0.1) is 12.7 Å². The number of rotatable bonds is 5. The standard InChI is InChI=1S/C16H18N2O3/c1-4-12-8-11(16(19)20)9-15(17-12)18(2)13-6-5-7-14(10-13)21-3/h5-10H,4H2,1-3H3,(H,19,20). The third-order valence-corrected chi connectivity index (χ3v) is 3.26. The van der Waals surface area contributed by atoms with Crippen LogP contribution in [0.3, 0.4) is 0 Å². The van der Waals surface area contributed by atoms with E-state index in [4.69, 9.17) is 4.74 Å². The summed E-state index contributed by atoms with van der Waals surface area (Å²) in [6.07, 6.45) is 0.681. The predicted octanol–water partition coefficient (Wildman–Crippen LogP) is 3.12. The van der Waals surface area contributed by atoms with Crippen LogP contribution in [0.15, 0.2) is 36.4 Å². The van der Waals surface area contributed by atoms with Crippen molar-refractivity contribution in [2.75, 3.05) is 19.1 Å². The Kier molecular flexibility index (Phi) is 4.42. The van der Waals surface area contributed by atoms with Crippen LogP contribution in [-0.2, 0) is 6.42 Å². The van der Waals surface area contributed by atoms with Crippen LogP contribution in [0.25, 0.3) is 0 Å². The quantitative estimate of drug-likeness (QED) is 0.915. The number of aromatic carboxylic acids is 1. The third-order valence-electron chi connectivity index (χ3n) is 3.26. The van der Waals surface area contributed by atoms with E-state index in [2.05, 4.69) is 4.98 Å². The molecular formula is C16H18N2O3. The molecule has 5 heteroatoms. The lowest BCUT2D eigenvalue weighted by Gasteiger charge is -2.20. The van der Waals surface area contributed by atoms with E-state index in [1.54, 1.807) is 19.2 Å². The van der Waals surface area contributed by atoms with E-state index in [9.17, 15) is 9.90 Å². The highest BCUT2D eigenvalue weighted by Crippen LogP contribution is 2.26. The number of carboxylic acid groups (broad SMARTS) is 1. The minimum atomic E-state index is -0.951. The van der Waals surface area contributed by atoms with Crippen LogP contribution >= 0.6 is 0 Å². The van der Waals surface area contributed by atoms with E-state index in [0.29, 0.717) is 12.2 Å². The summed E-state index contributed by atoms with van der Waals surface area (Å²) in [5.41, 5.74) is 1.87. The average molecular weight is 286 g/mol. The van der Waals surface area contributed by atoms with Crippen molar-refractivity contribution < 1.29 is 14.6 Å². The average Bonchev–Trinajstić information content (AvgIpc) is 2.53. The number of benzene rings is 1. The first-order valence-electron chi connectivity index (χ1n) is 6.67. The summed E-state index contributed by atoms with van der Waals surface area (Å²) in [4.78, 5) is 17.5. The molecule has 0 bridgehead atoms. The van der Waals surface area contributed by atoms with Crippen LogP contribution in [0.4, 0.5) is 11.5 Å². The lowest BCUT2D eigenvalue weighted by Crippen LogP contribution is -2.13. The van der Waals surface area contributed by atoms with E-state index < -0.39 is 5.97 Å². The lowest BCUT2D eigenvalue weighted by atomic mass is 10.2. The van der Waals surface area contributed by atoms with Gasteiger partial charge in [0.25, 0.3) is 0 Å². The molecule has 0 unspecified atom stereocenters. The molecule has 1 heterocycles. The van der Waals surface area contributed by atoms with Crippen molar-refractivity contribution in [3.8, 4) is 5.75 Å². The molecular weight excluding hydrogens is 268 g/mol. The summed E-state index contributed by atoms with van der Waals surface area (Å²) < 4.78 is 5.21. The van der Waals surface area contributed by atoms with Gasteiger partial charge < -0.3 is 14.7 Å². The highest BCUT2D eigenvalue weighted by Gasteiger charge is 2.12. The molecule has 0 saturated heterocycles. The van der Waals surface area contributed by atoms with Gasteiger partial charge in [0.1, 0.15) is 11.6 Å². The number of carboxylic acids is 1. The normalized spacial score (nSPS) is 10.2. The number of carbonyl (C=O) groups is 1. The molecule has 0 aliphatic heterocycles. The van der Waals surface area contributed by atoms with Crippen molar-refractivity contribution in [2.45, 2.75) is 13.3 Å². The Morgan fingerprint density at radius 1 is 1.33 bits per heavy atom. The summed E-state index contributed by atoms with van der Waals surface area (Å²) in [5, 5.41) is 9.20. The smallest absolute Gasteiger partial charge is 0.335 e. The van der Waals surface area contributed by atoms with Crippen LogP contribution in [-0.4, -0.2) is 30.2 Å². The molecule has 0 aliphatic rings. The van der Waals surface area contributed by atoms with E-state index in [1.807, 2.05) is 43.1 Å². The molecule has 0 aliphatic carbocycles. The molecule has 0 saturated carbocycles. The number of anilines is 2. The molecule has 5 nitrogen and oxygen atoms in total. The summed E-state index contributed by atoms with van der Waals surface area (Å²) in [5.74, 6) is 0.386. The Morgan fingerprint density at radius 2 is 2.10 bits per heavy atom. The monoisotopic (exact) mass is 286 g/mol. The minimum Gasteiger partial charge on any atom is -0.497 e. The number of hydrogen-bond donors (Lipinski definition) is 1. The van der Waals surface area contributed by atoms with Crippen LogP contribution < -0.4 is 9.64 Å². The molecule has 1 aromatic heterocycles. The van der Waals surface area contributed by atoms with E-state index in [0.717, 1.165) is 17.1 Å². The third kappa shape index (κ3) is 3.31. The predicted molar refractivity (Wildman–Crippen MR) is 81.6 cm³/mol. The molecule has 21 heavy (non-hydrogen) atoms. The van der Waals surface area contributed by atoms with Crippen molar-refractivity contribution in [2.24, 2.45) is 0 Å². The number of methoxy groups -OCH3 is 1. The topological polar surface area (TPSA) is 62.7 Å². The number of pyridine rings is 1. The molecule has 0 fully saturated rings. The fraction of sp³-hybridized carbons (Fsp3) is 0.250. The molecule has 2 aromatic rings. The van der Waals surface area contributed by atoms with Crippen molar-refractivity contribution >= 4 is 17.5 Å². The van der Waals surface area contributed by atoms with Gasteiger partial charge >= 0.3 is 5.97 Å². The van der Waals surface area contributed by atoms with Gasteiger partial charge in [0, 0.05) is 24.5 Å². The first-order chi connectivity index (χ1) is 10.0. The van der Waals surface area contributed by atoms with Crippen LogP contribution in [0.5, 0.6) is 5.75 Å². The highest BCUT2D eigenvalue weighted by molar-refractivity contribution is 5.89. The largest absolute Gasteiger partial charge is 0.497 e. The molecule has 0 amide bonds. The summed E-state index contributed by atoms with van der Waals surface area (Å²) in [6, 6.07) is 10.7. The zero-order valence-electron chi connectivity index (χ0n) is 12.3. The fourth-order valence-corrected chi connectivity index (χ4v) is 2.00. The van der Waals surface area contributed by atoms with Gasteiger partial charge in [-0.05, 0) is 30.7 Å². The number of nitrogens with zero attached hydrogens (tertiary/aromatic N) is 2. The van der Waals surface area contributed by atoms with Crippen LogP contribution in [0.1, 0.15) is 23.0 Å². The van der Waals surface area contributed by atoms with E-state index in [-0.39, 0.29) is 5.56 Å². The Bertz CT molecular complexity index is 656. The fourth-order valence-electron chi connectivity index (χ4n) is 2.00. The van der Waals surface area contributed by atoms with Gasteiger partial charge in [-0.3, -0.25) is 0 Å². The SMILES string of the molecule is CCc1cc(C(=O)O)cc(N(C)c2cccc(OC)c2)n1. The zero-order chi connectivity index (χ0) is 15.4. The molecule has 0 atom stereocenters. The molecule has 0 radical (unpaired) electrons. The Balaban J connectivity index is 2.44. The number of hydrogen-bond acceptors (Lipinski definition) is 4. The maximum Gasteiger partial charge on any atom is 0.335 e. The minimum absolute atomic E-state index is 0.242. The van der Waals surface area contributed by atoms with Crippen molar-refractivity contribution in [3.05, 3.63) is 47.7 Å². The van der Waals surface area contributed by atoms with Crippen molar-refractivity contribution in [1.29, 1.82) is 0 Å². The van der Waals surface area contributed by atoms with Crippen molar-refractivity contribution in [1.82, 2.24) is 4.98 Å². The van der Waals surface area contributed by atoms with E-state index in [1.165, 1.54) is 0 Å². The second-order valence-electron chi connectivity index (χ2n) is 4.62. The van der Waals surface area contributed by atoms with Crippen LogP contribution in [0, 0.1) is 0 Å². The molecule has 1 N–H and O–H groups in total. The number of aromatic nitrogens is 1. The lowest BCUT2D eigenvalue weighted by molar-refractivity contribution is 0.0696. The Labute approximate surface area is 123 Å². The number of ether oxygens (including phenoxy) is 1. The van der Waals surface area contributed by atoms with Gasteiger partial charge in [-0.25, -0.2) is 9.78 Å². The Morgan fingerprint density at radius 3 is 2.71 bits per heavy atom. The molecule has 110 valence electrons. The molecule has 0 spiro atoms. The second kappa shape index (κ2) is 6.26. The summed E-state index contributed by atoms with van der Waals surface area (Å²) in [7, 11) is 3.46. The second-order valence-corrected chi connectivity index (χ2v) is 4.62. The first kappa shape index (κ1) is 14.8. The Hall–Kier alpha value is -2.56. The summed E-state index contributed by atoms with van der Waals surface area (Å²) >= 11 is 0. The number of aryl methyl sites for hydroxylation is 1.